The van der Waals surface area contributed by atoms with E-state index in [0.29, 0.717) is 17.8 Å². The quantitative estimate of drug-likeness (QED) is 0.618. The monoisotopic (exact) mass is 496 g/mol. The highest BCUT2D eigenvalue weighted by atomic mass is 79.9. The van der Waals surface area contributed by atoms with Crippen molar-refractivity contribution in [2.75, 3.05) is 16.4 Å². The smallest absolute Gasteiger partial charge is 0.237 e. The van der Waals surface area contributed by atoms with E-state index in [2.05, 4.69) is 26.6 Å². The van der Waals surface area contributed by atoms with Gasteiger partial charge in [-0.05, 0) is 65.2 Å². The average molecular weight is 497 g/mol. The lowest BCUT2D eigenvalue weighted by Crippen LogP contribution is -2.28. The van der Waals surface area contributed by atoms with E-state index in [4.69, 9.17) is 0 Å². The minimum Gasteiger partial charge on any atom is -0.325 e. The Balaban J connectivity index is 1.67. The fourth-order valence-corrected chi connectivity index (χ4v) is 5.75. The summed E-state index contributed by atoms with van der Waals surface area (Å²) < 4.78 is 26.1. The Kier molecular flexibility index (Phi) is 6.70. The van der Waals surface area contributed by atoms with Crippen LogP contribution in [0.15, 0.2) is 50.7 Å². The van der Waals surface area contributed by atoms with Crippen molar-refractivity contribution in [1.82, 2.24) is 0 Å². The lowest BCUT2D eigenvalue weighted by atomic mass is 10.2. The molecule has 9 heteroatoms. The number of hydrogen-bond acceptors (Lipinski definition) is 5. The van der Waals surface area contributed by atoms with E-state index in [1.165, 1.54) is 23.9 Å². The molecule has 0 aromatic heterocycles. The zero-order valence-electron chi connectivity index (χ0n) is 16.0. The van der Waals surface area contributed by atoms with Crippen LogP contribution in [-0.2, 0) is 19.4 Å². The van der Waals surface area contributed by atoms with E-state index in [1.54, 1.807) is 12.1 Å². The van der Waals surface area contributed by atoms with Crippen molar-refractivity contribution in [2.45, 2.75) is 41.7 Å². The summed E-state index contributed by atoms with van der Waals surface area (Å²) in [6, 6.07) is 10.2. The number of carbonyl (C=O) groups is 2. The summed E-state index contributed by atoms with van der Waals surface area (Å²) in [7, 11) is -3.67. The molecule has 2 aromatic rings. The average Bonchev–Trinajstić information content (AvgIpc) is 2.67. The number of benzene rings is 2. The zero-order valence-corrected chi connectivity index (χ0v) is 19.2. The lowest BCUT2D eigenvalue weighted by Gasteiger charge is -2.23. The van der Waals surface area contributed by atoms with Gasteiger partial charge in [-0.1, -0.05) is 13.0 Å². The topological polar surface area (TPSA) is 92.3 Å². The van der Waals surface area contributed by atoms with Crippen LogP contribution in [0.25, 0.3) is 0 Å². The molecule has 1 heterocycles. The number of halogens is 1. The Morgan fingerprint density at radius 3 is 2.69 bits per heavy atom. The summed E-state index contributed by atoms with van der Waals surface area (Å²) in [5, 5.41) is 5.32. The first kappa shape index (κ1) is 21.9. The predicted octanol–water partition coefficient (Wildman–Crippen LogP) is 4.38. The second kappa shape index (κ2) is 8.89. The molecule has 6 nitrogen and oxygen atoms in total. The first-order valence-electron chi connectivity index (χ1n) is 9.10. The maximum atomic E-state index is 12.7. The molecule has 3 rings (SSSR count). The van der Waals surface area contributed by atoms with Gasteiger partial charge in [0.1, 0.15) is 0 Å². The second-order valence-electron chi connectivity index (χ2n) is 6.76. The minimum atomic E-state index is -3.67. The minimum absolute atomic E-state index is 0.0939. The molecule has 1 aliphatic heterocycles. The van der Waals surface area contributed by atoms with Crippen LogP contribution in [0, 0.1) is 6.92 Å². The molecule has 0 spiro atoms. The molecule has 1 aliphatic rings. The van der Waals surface area contributed by atoms with Crippen molar-refractivity contribution in [3.05, 3.63) is 46.4 Å². The molecular formula is C20H21BrN2O4S2. The van der Waals surface area contributed by atoms with Gasteiger partial charge in [-0.25, -0.2) is 8.42 Å². The summed E-state index contributed by atoms with van der Waals surface area (Å²) in [5.74, 6) is -0.826. The maximum absolute atomic E-state index is 12.7. The molecular weight excluding hydrogens is 476 g/mol. The molecule has 0 aliphatic carbocycles. The molecule has 0 radical (unpaired) electrons. The Hall–Kier alpha value is -1.84. The van der Waals surface area contributed by atoms with E-state index >= 15 is 0 Å². The fraction of sp³-hybridized carbons (Fsp3) is 0.300. The van der Waals surface area contributed by atoms with Crippen molar-refractivity contribution in [3.8, 4) is 0 Å². The Morgan fingerprint density at radius 2 is 2.00 bits per heavy atom. The summed E-state index contributed by atoms with van der Waals surface area (Å²) >= 11 is 4.81. The summed E-state index contributed by atoms with van der Waals surface area (Å²) in [6.45, 7) is 3.87. The third-order valence-electron chi connectivity index (χ3n) is 4.50. The van der Waals surface area contributed by atoms with Crippen molar-refractivity contribution in [3.63, 3.8) is 0 Å². The van der Waals surface area contributed by atoms with Gasteiger partial charge in [-0.3, -0.25) is 9.59 Å². The molecule has 1 atom stereocenters. The molecule has 0 bridgehead atoms. The number of carbonyl (C=O) groups excluding carboxylic acids is 2. The second-order valence-corrected chi connectivity index (χ2v) is 11.0. The molecule has 2 amide bonds. The molecule has 0 fully saturated rings. The first-order valence-corrected chi connectivity index (χ1v) is 12.4. The molecule has 0 saturated carbocycles. The van der Waals surface area contributed by atoms with Crippen LogP contribution in [0.4, 0.5) is 11.4 Å². The van der Waals surface area contributed by atoms with Crippen molar-refractivity contribution in [1.29, 1.82) is 0 Å². The van der Waals surface area contributed by atoms with Crippen molar-refractivity contribution in [2.24, 2.45) is 0 Å². The van der Waals surface area contributed by atoms with E-state index in [9.17, 15) is 18.0 Å². The fourth-order valence-electron chi connectivity index (χ4n) is 2.87. The third-order valence-corrected chi connectivity index (χ3v) is 8.31. The molecule has 29 heavy (non-hydrogen) atoms. The van der Waals surface area contributed by atoms with Gasteiger partial charge in [0.2, 0.25) is 11.8 Å². The van der Waals surface area contributed by atoms with E-state index in [-0.39, 0.29) is 34.1 Å². The molecule has 2 aromatic carbocycles. The maximum Gasteiger partial charge on any atom is 0.237 e. The SMILES string of the molecule is CC[C@@H]1Sc2ccc(S(=O)(=O)CCC(=O)Nc3ccc(C)cc3Br)cc2NC1=O. The highest BCUT2D eigenvalue weighted by molar-refractivity contribution is 9.10. The number of fused-ring (bicyclic) bond motifs is 1. The Bertz CT molecular complexity index is 1070. The number of rotatable bonds is 6. The summed E-state index contributed by atoms with van der Waals surface area (Å²) in [6.07, 6.45) is 0.529. The molecule has 0 unspecified atom stereocenters. The van der Waals surface area contributed by atoms with E-state index < -0.39 is 9.84 Å². The van der Waals surface area contributed by atoms with Crippen LogP contribution in [0.5, 0.6) is 0 Å². The van der Waals surface area contributed by atoms with Gasteiger partial charge in [-0.2, -0.15) is 0 Å². The Labute approximate surface area is 182 Å². The number of sulfone groups is 1. The first-order chi connectivity index (χ1) is 13.7. The number of hydrogen-bond donors (Lipinski definition) is 2. The van der Waals surface area contributed by atoms with E-state index in [1.807, 2.05) is 26.0 Å². The van der Waals surface area contributed by atoms with Crippen molar-refractivity contribution >= 4 is 60.7 Å². The number of amides is 2. The molecule has 2 N–H and O–H groups in total. The van der Waals surface area contributed by atoms with Crippen LogP contribution < -0.4 is 10.6 Å². The van der Waals surface area contributed by atoms with Gasteiger partial charge in [0.05, 0.1) is 27.3 Å². The highest BCUT2D eigenvalue weighted by Gasteiger charge is 2.27. The number of thioether (sulfide) groups is 1. The van der Waals surface area contributed by atoms with Crippen LogP contribution in [-0.4, -0.2) is 31.2 Å². The predicted molar refractivity (Wildman–Crippen MR) is 119 cm³/mol. The number of nitrogens with one attached hydrogen (secondary N) is 2. The van der Waals surface area contributed by atoms with Crippen LogP contribution in [0.3, 0.4) is 0 Å². The van der Waals surface area contributed by atoms with Crippen molar-refractivity contribution < 1.29 is 18.0 Å². The van der Waals surface area contributed by atoms with Gasteiger partial charge in [0.15, 0.2) is 9.84 Å². The number of anilines is 2. The zero-order chi connectivity index (χ0) is 21.2. The number of aryl methyl sites for hydroxylation is 1. The summed E-state index contributed by atoms with van der Waals surface area (Å²) in [5.41, 5.74) is 2.14. The van der Waals surface area contributed by atoms with Gasteiger partial charge >= 0.3 is 0 Å². The normalized spacial score (nSPS) is 16.1. The Morgan fingerprint density at radius 1 is 1.24 bits per heavy atom. The molecule has 0 saturated heterocycles. The van der Waals surface area contributed by atoms with Crippen LogP contribution >= 0.6 is 27.7 Å². The van der Waals surface area contributed by atoms with Gasteiger partial charge in [0, 0.05) is 15.8 Å². The lowest BCUT2D eigenvalue weighted by molar-refractivity contribution is -0.116. The van der Waals surface area contributed by atoms with Gasteiger partial charge in [0.25, 0.3) is 0 Å². The van der Waals surface area contributed by atoms with Gasteiger partial charge < -0.3 is 10.6 Å². The standard InChI is InChI=1S/C20H21BrN2O4S2/c1-3-17-20(25)23-16-11-13(5-7-18(16)28-17)29(26,27)9-8-19(24)22-15-6-4-12(2)10-14(15)21/h4-7,10-11,17H,3,8-9H2,1-2H3,(H,22,24)(H,23,25)/t17-/m0/s1. The van der Waals surface area contributed by atoms with Crippen LogP contribution in [0.2, 0.25) is 0 Å². The van der Waals surface area contributed by atoms with E-state index in [0.717, 1.165) is 14.9 Å². The largest absolute Gasteiger partial charge is 0.325 e. The molecule has 154 valence electrons. The third kappa shape index (κ3) is 5.21. The highest BCUT2D eigenvalue weighted by Crippen LogP contribution is 2.38. The summed E-state index contributed by atoms with van der Waals surface area (Å²) in [4.78, 5) is 25.2. The van der Waals surface area contributed by atoms with Crippen LogP contribution in [0.1, 0.15) is 25.3 Å². The van der Waals surface area contributed by atoms with Gasteiger partial charge in [-0.15, -0.1) is 11.8 Å².